The average Bonchev–Trinajstić information content (AvgIpc) is 3.06. The number of aliphatic carboxylic acids is 1. The molecule has 0 spiro atoms. The van der Waals surface area contributed by atoms with Gasteiger partial charge in [-0.05, 0) is 46.9 Å². The van der Waals surface area contributed by atoms with Gasteiger partial charge in [-0.2, -0.15) is 0 Å². The molecular weight excluding hydrogens is 397 g/mol. The molecule has 2 N–H and O–H groups in total. The summed E-state index contributed by atoms with van der Waals surface area (Å²) in [7, 11) is 0. The van der Waals surface area contributed by atoms with E-state index in [-0.39, 0.29) is 18.9 Å². The minimum atomic E-state index is -1.64. The molecule has 0 saturated heterocycles. The van der Waals surface area contributed by atoms with Crippen molar-refractivity contribution in [3.8, 4) is 11.1 Å². The number of amides is 1. The van der Waals surface area contributed by atoms with Gasteiger partial charge in [-0.15, -0.1) is 0 Å². The highest BCUT2D eigenvalue weighted by Crippen LogP contribution is 2.44. The number of fused-ring (bicyclic) bond motifs is 3. The van der Waals surface area contributed by atoms with Crippen LogP contribution in [0.25, 0.3) is 11.1 Å². The third-order valence-electron chi connectivity index (χ3n) is 5.64. The number of ether oxygens (including phenoxy) is 1. The predicted octanol–water partition coefficient (Wildman–Crippen LogP) is 4.75. The van der Waals surface area contributed by atoms with E-state index in [2.05, 4.69) is 5.32 Å². The van der Waals surface area contributed by atoms with E-state index in [4.69, 9.17) is 4.74 Å². The van der Waals surface area contributed by atoms with Crippen molar-refractivity contribution in [2.45, 2.75) is 24.8 Å². The molecule has 0 radical (unpaired) electrons. The zero-order chi connectivity index (χ0) is 22.0. The molecule has 1 amide bonds. The lowest BCUT2D eigenvalue weighted by molar-refractivity contribution is -0.143. The number of carbonyl (C=O) groups excluding carboxylic acids is 1. The topological polar surface area (TPSA) is 75.6 Å². The van der Waals surface area contributed by atoms with Gasteiger partial charge in [0.15, 0.2) is 0 Å². The molecule has 0 heterocycles. The van der Waals surface area contributed by atoms with E-state index >= 15 is 0 Å². The van der Waals surface area contributed by atoms with Gasteiger partial charge in [0, 0.05) is 12.3 Å². The van der Waals surface area contributed by atoms with E-state index in [9.17, 15) is 19.1 Å². The largest absolute Gasteiger partial charge is 0.480 e. The predicted molar refractivity (Wildman–Crippen MR) is 114 cm³/mol. The van der Waals surface area contributed by atoms with E-state index in [0.29, 0.717) is 5.56 Å². The Labute approximate surface area is 179 Å². The quantitative estimate of drug-likeness (QED) is 0.605. The number of carboxylic acids is 1. The summed E-state index contributed by atoms with van der Waals surface area (Å²) in [5, 5.41) is 12.1. The van der Waals surface area contributed by atoms with Gasteiger partial charge in [0.05, 0.1) is 0 Å². The minimum absolute atomic E-state index is 0.0789. The first-order valence-corrected chi connectivity index (χ1v) is 9.98. The van der Waals surface area contributed by atoms with Crippen molar-refractivity contribution in [1.82, 2.24) is 5.32 Å². The van der Waals surface area contributed by atoms with Crippen molar-refractivity contribution < 1.29 is 23.8 Å². The van der Waals surface area contributed by atoms with Crippen LogP contribution in [0.4, 0.5) is 9.18 Å². The van der Waals surface area contributed by atoms with Crippen molar-refractivity contribution in [3.05, 3.63) is 95.3 Å². The van der Waals surface area contributed by atoms with Crippen LogP contribution in [0.1, 0.15) is 29.5 Å². The summed E-state index contributed by atoms with van der Waals surface area (Å²) < 4.78 is 18.9. The highest BCUT2D eigenvalue weighted by molar-refractivity contribution is 5.84. The summed E-state index contributed by atoms with van der Waals surface area (Å²) in [6.45, 7) is 1.46. The van der Waals surface area contributed by atoms with Crippen LogP contribution in [0.2, 0.25) is 0 Å². The summed E-state index contributed by atoms with van der Waals surface area (Å²) in [5.74, 6) is -1.82. The number of benzene rings is 3. The number of halogens is 1. The van der Waals surface area contributed by atoms with Crippen LogP contribution in [-0.2, 0) is 16.0 Å². The van der Waals surface area contributed by atoms with Crippen molar-refractivity contribution >= 4 is 12.1 Å². The molecule has 4 rings (SSSR count). The van der Waals surface area contributed by atoms with Crippen LogP contribution >= 0.6 is 0 Å². The summed E-state index contributed by atoms with van der Waals surface area (Å²) >= 11 is 0. The summed E-state index contributed by atoms with van der Waals surface area (Å²) in [4.78, 5) is 24.4. The van der Waals surface area contributed by atoms with Gasteiger partial charge in [0.1, 0.15) is 18.0 Å². The average molecular weight is 419 g/mol. The lowest BCUT2D eigenvalue weighted by atomic mass is 9.93. The Morgan fingerprint density at radius 1 is 1.00 bits per heavy atom. The fourth-order valence-corrected chi connectivity index (χ4v) is 4.09. The van der Waals surface area contributed by atoms with E-state index in [1.54, 1.807) is 6.07 Å². The zero-order valence-corrected chi connectivity index (χ0v) is 17.0. The van der Waals surface area contributed by atoms with Gasteiger partial charge in [-0.1, -0.05) is 60.7 Å². The fraction of sp³-hybridized carbons (Fsp3) is 0.200. The molecule has 0 aliphatic heterocycles. The zero-order valence-electron chi connectivity index (χ0n) is 17.0. The lowest BCUT2D eigenvalue weighted by Gasteiger charge is -2.26. The van der Waals surface area contributed by atoms with Crippen molar-refractivity contribution in [2.24, 2.45) is 0 Å². The summed E-state index contributed by atoms with van der Waals surface area (Å²) in [5.41, 5.74) is 3.16. The Hall–Kier alpha value is -3.67. The maximum absolute atomic E-state index is 13.5. The fourth-order valence-electron chi connectivity index (χ4n) is 4.09. The standard InChI is InChI=1S/C25H22FNO4/c1-25(23(28)29,14-16-7-6-8-17(26)13-16)27-24(30)31-15-22-20-11-4-2-9-18(20)19-10-3-5-12-21(19)22/h2-13,22H,14-15H2,1H3,(H,27,30)(H,28,29)/t25-/m0/s1. The number of hydrogen-bond donors (Lipinski definition) is 2. The van der Waals surface area contributed by atoms with Gasteiger partial charge in [-0.3, -0.25) is 0 Å². The van der Waals surface area contributed by atoms with Gasteiger partial charge in [0.2, 0.25) is 0 Å². The highest BCUT2D eigenvalue weighted by atomic mass is 19.1. The van der Waals surface area contributed by atoms with Crippen LogP contribution in [0.3, 0.4) is 0 Å². The van der Waals surface area contributed by atoms with Crippen LogP contribution in [0, 0.1) is 5.82 Å². The minimum Gasteiger partial charge on any atom is -0.480 e. The Kier molecular flexibility index (Phi) is 5.46. The molecule has 0 bridgehead atoms. The second-order valence-corrected chi connectivity index (χ2v) is 7.89. The van der Waals surface area contributed by atoms with Crippen LogP contribution in [0.15, 0.2) is 72.8 Å². The summed E-state index contributed by atoms with van der Waals surface area (Å²) in [6.07, 6.45) is -0.909. The number of rotatable bonds is 6. The smallest absolute Gasteiger partial charge is 0.408 e. The van der Waals surface area contributed by atoms with Crippen LogP contribution in [0.5, 0.6) is 0 Å². The van der Waals surface area contributed by atoms with Gasteiger partial charge in [-0.25, -0.2) is 14.0 Å². The van der Waals surface area contributed by atoms with Gasteiger partial charge >= 0.3 is 12.1 Å². The Morgan fingerprint density at radius 3 is 2.19 bits per heavy atom. The van der Waals surface area contributed by atoms with Gasteiger partial charge in [0.25, 0.3) is 0 Å². The van der Waals surface area contributed by atoms with E-state index in [1.807, 2.05) is 48.5 Å². The molecule has 6 heteroatoms. The van der Waals surface area contributed by atoms with E-state index in [0.717, 1.165) is 22.3 Å². The van der Waals surface area contributed by atoms with E-state index in [1.165, 1.54) is 25.1 Å². The maximum atomic E-state index is 13.5. The highest BCUT2D eigenvalue weighted by Gasteiger charge is 2.36. The number of carbonyl (C=O) groups is 2. The number of hydrogen-bond acceptors (Lipinski definition) is 3. The number of carboxylic acid groups (broad SMARTS) is 1. The lowest BCUT2D eigenvalue weighted by Crippen LogP contribution is -2.54. The Balaban J connectivity index is 1.47. The SMILES string of the molecule is C[C@@](Cc1cccc(F)c1)(NC(=O)OCC1c2ccccc2-c2ccccc21)C(=O)O. The monoisotopic (exact) mass is 419 g/mol. The molecule has 1 aliphatic rings. The molecule has 5 nitrogen and oxygen atoms in total. The Morgan fingerprint density at radius 2 is 1.61 bits per heavy atom. The van der Waals surface area contributed by atoms with Crippen LogP contribution in [-0.4, -0.2) is 29.3 Å². The molecule has 3 aromatic carbocycles. The molecule has 1 atom stereocenters. The molecule has 0 aromatic heterocycles. The van der Waals surface area contributed by atoms with Crippen LogP contribution < -0.4 is 5.32 Å². The summed E-state index contributed by atoms with van der Waals surface area (Å²) in [6, 6.07) is 21.6. The second-order valence-electron chi connectivity index (χ2n) is 7.89. The van der Waals surface area contributed by atoms with Crippen molar-refractivity contribution in [1.29, 1.82) is 0 Å². The first-order chi connectivity index (χ1) is 14.9. The Bertz CT molecular complexity index is 1100. The van der Waals surface area contributed by atoms with Crippen molar-refractivity contribution in [3.63, 3.8) is 0 Å². The molecule has 0 fully saturated rings. The molecule has 31 heavy (non-hydrogen) atoms. The molecular formula is C25H22FNO4. The molecule has 0 unspecified atom stereocenters. The number of alkyl carbamates (subject to hydrolysis) is 1. The van der Waals surface area contributed by atoms with E-state index < -0.39 is 23.4 Å². The first-order valence-electron chi connectivity index (χ1n) is 9.98. The second kappa shape index (κ2) is 8.22. The third kappa shape index (κ3) is 4.14. The van der Waals surface area contributed by atoms with Crippen molar-refractivity contribution in [2.75, 3.05) is 6.61 Å². The van der Waals surface area contributed by atoms with Gasteiger partial charge < -0.3 is 15.2 Å². The third-order valence-corrected chi connectivity index (χ3v) is 5.64. The maximum Gasteiger partial charge on any atom is 0.408 e. The number of nitrogens with one attached hydrogen (secondary N) is 1. The molecule has 1 aliphatic carbocycles. The first kappa shape index (κ1) is 20.6. The normalized spacial score (nSPS) is 14.3. The molecule has 3 aromatic rings. The molecule has 158 valence electrons. The molecule has 0 saturated carbocycles.